The fourth-order valence-electron chi connectivity index (χ4n) is 2.61. The molecule has 1 aliphatic heterocycles. The lowest BCUT2D eigenvalue weighted by Crippen LogP contribution is -3.13. The summed E-state index contributed by atoms with van der Waals surface area (Å²) in [6, 6.07) is 7.67. The van der Waals surface area contributed by atoms with Gasteiger partial charge in [-0.1, -0.05) is 12.1 Å². The highest BCUT2D eigenvalue weighted by molar-refractivity contribution is 5.64. The van der Waals surface area contributed by atoms with Crippen molar-refractivity contribution >= 4 is 5.97 Å². The van der Waals surface area contributed by atoms with Gasteiger partial charge in [-0.05, 0) is 49.8 Å². The Hall–Kier alpha value is -1.55. The van der Waals surface area contributed by atoms with Crippen molar-refractivity contribution in [2.24, 2.45) is 0 Å². The Morgan fingerprint density at radius 2 is 1.85 bits per heavy atom. The molecule has 4 nitrogen and oxygen atoms in total. The number of carbonyl (C=O) groups is 1. The van der Waals surface area contributed by atoms with E-state index in [0.717, 1.165) is 24.5 Å². The SMILES string of the molecule is O=C([O-])CCc1ccc(OCC[NH+]2CCCCC2)cc1. The smallest absolute Gasteiger partial charge is 0.137 e. The summed E-state index contributed by atoms with van der Waals surface area (Å²) in [6.07, 6.45) is 4.63. The van der Waals surface area contributed by atoms with Crippen LogP contribution in [0.25, 0.3) is 0 Å². The molecule has 20 heavy (non-hydrogen) atoms. The van der Waals surface area contributed by atoms with Crippen molar-refractivity contribution in [3.63, 3.8) is 0 Å². The monoisotopic (exact) mass is 277 g/mol. The number of carbonyl (C=O) groups excluding carboxylic acids is 1. The molecule has 0 amide bonds. The number of piperidine rings is 1. The van der Waals surface area contributed by atoms with E-state index in [-0.39, 0.29) is 6.42 Å². The Morgan fingerprint density at radius 3 is 2.50 bits per heavy atom. The molecule has 1 fully saturated rings. The maximum atomic E-state index is 10.4. The molecule has 0 saturated carbocycles. The van der Waals surface area contributed by atoms with Crippen LogP contribution < -0.4 is 14.7 Å². The zero-order valence-electron chi connectivity index (χ0n) is 11.9. The van der Waals surface area contributed by atoms with Crippen molar-refractivity contribution in [3.8, 4) is 5.75 Å². The van der Waals surface area contributed by atoms with Gasteiger partial charge in [-0.2, -0.15) is 0 Å². The molecule has 0 radical (unpaired) electrons. The lowest BCUT2D eigenvalue weighted by Gasteiger charge is -2.23. The highest BCUT2D eigenvalue weighted by Crippen LogP contribution is 2.13. The summed E-state index contributed by atoms with van der Waals surface area (Å²) in [7, 11) is 0. The quantitative estimate of drug-likeness (QED) is 0.752. The van der Waals surface area contributed by atoms with Gasteiger partial charge < -0.3 is 19.5 Å². The molecule has 0 aromatic heterocycles. The minimum Gasteiger partial charge on any atom is -0.550 e. The first-order valence-electron chi connectivity index (χ1n) is 7.49. The van der Waals surface area contributed by atoms with E-state index in [1.54, 1.807) is 4.90 Å². The zero-order chi connectivity index (χ0) is 14.2. The van der Waals surface area contributed by atoms with Crippen LogP contribution >= 0.6 is 0 Å². The average Bonchev–Trinajstić information content (AvgIpc) is 2.47. The topological polar surface area (TPSA) is 53.8 Å². The van der Waals surface area contributed by atoms with E-state index in [0.29, 0.717) is 6.42 Å². The maximum Gasteiger partial charge on any atom is 0.137 e. The molecule has 1 heterocycles. The summed E-state index contributed by atoms with van der Waals surface area (Å²) in [5.41, 5.74) is 1.00. The summed E-state index contributed by atoms with van der Waals surface area (Å²) in [5.74, 6) is -0.145. The summed E-state index contributed by atoms with van der Waals surface area (Å²) < 4.78 is 5.74. The molecule has 4 heteroatoms. The van der Waals surface area contributed by atoms with Gasteiger partial charge in [0.15, 0.2) is 0 Å². The molecular weight excluding hydrogens is 254 g/mol. The number of nitrogens with one attached hydrogen (secondary N) is 1. The van der Waals surface area contributed by atoms with E-state index in [2.05, 4.69) is 0 Å². The first kappa shape index (κ1) is 14.9. The fourth-order valence-corrected chi connectivity index (χ4v) is 2.61. The Morgan fingerprint density at radius 1 is 1.15 bits per heavy atom. The molecular formula is C16H23NO3. The molecule has 1 aromatic rings. The highest BCUT2D eigenvalue weighted by atomic mass is 16.5. The molecule has 1 aromatic carbocycles. The number of aryl methyl sites for hydroxylation is 1. The molecule has 0 spiro atoms. The number of hydrogen-bond acceptors (Lipinski definition) is 3. The average molecular weight is 277 g/mol. The third kappa shape index (κ3) is 5.21. The lowest BCUT2D eigenvalue weighted by molar-refractivity contribution is -0.904. The normalized spacial score (nSPS) is 16.0. The van der Waals surface area contributed by atoms with Crippen LogP contribution in [0.2, 0.25) is 0 Å². The Kier molecular flexibility index (Phi) is 5.87. The number of quaternary nitrogens is 1. The number of hydrogen-bond donors (Lipinski definition) is 1. The van der Waals surface area contributed by atoms with E-state index < -0.39 is 5.97 Å². The number of carboxylic acid groups (broad SMARTS) is 1. The predicted molar refractivity (Wildman–Crippen MR) is 74.7 cm³/mol. The molecule has 0 unspecified atom stereocenters. The standard InChI is InChI=1S/C16H23NO3/c18-16(19)9-6-14-4-7-15(8-5-14)20-13-12-17-10-2-1-3-11-17/h4-5,7-8H,1-3,6,9-13H2,(H,18,19). The van der Waals surface area contributed by atoms with Crippen LogP contribution in [-0.2, 0) is 11.2 Å². The van der Waals surface area contributed by atoms with Gasteiger partial charge in [-0.25, -0.2) is 0 Å². The third-order valence-corrected chi connectivity index (χ3v) is 3.83. The molecule has 0 aliphatic carbocycles. The van der Waals surface area contributed by atoms with E-state index in [1.165, 1.54) is 32.4 Å². The molecule has 1 saturated heterocycles. The Bertz CT molecular complexity index is 410. The lowest BCUT2D eigenvalue weighted by atomic mass is 10.1. The Labute approximate surface area is 120 Å². The number of likely N-dealkylation sites (tertiary alicyclic amines) is 1. The Balaban J connectivity index is 1.69. The fraction of sp³-hybridized carbons (Fsp3) is 0.562. The van der Waals surface area contributed by atoms with E-state index in [1.807, 2.05) is 24.3 Å². The molecule has 2 rings (SSSR count). The summed E-state index contributed by atoms with van der Waals surface area (Å²) in [6.45, 7) is 4.34. The van der Waals surface area contributed by atoms with Gasteiger partial charge in [-0.3, -0.25) is 0 Å². The van der Waals surface area contributed by atoms with Crippen molar-refractivity contribution < 1.29 is 19.5 Å². The second-order valence-electron chi connectivity index (χ2n) is 5.43. The molecule has 0 bridgehead atoms. The molecule has 1 aliphatic rings. The third-order valence-electron chi connectivity index (χ3n) is 3.83. The van der Waals surface area contributed by atoms with Crippen LogP contribution in [-0.4, -0.2) is 32.2 Å². The first-order chi connectivity index (χ1) is 9.74. The largest absolute Gasteiger partial charge is 0.550 e. The predicted octanol–water partition coefficient (Wildman–Crippen LogP) is -0.183. The number of ether oxygens (including phenoxy) is 1. The van der Waals surface area contributed by atoms with Crippen molar-refractivity contribution in [2.75, 3.05) is 26.2 Å². The van der Waals surface area contributed by atoms with Gasteiger partial charge in [0.2, 0.25) is 0 Å². The number of benzene rings is 1. The van der Waals surface area contributed by atoms with Gasteiger partial charge in [0.05, 0.1) is 13.1 Å². The van der Waals surface area contributed by atoms with Crippen LogP contribution in [0.15, 0.2) is 24.3 Å². The first-order valence-corrected chi connectivity index (χ1v) is 7.49. The maximum absolute atomic E-state index is 10.4. The minimum atomic E-state index is -1.00. The summed E-state index contributed by atoms with van der Waals surface area (Å²) in [5, 5.41) is 10.4. The zero-order valence-corrected chi connectivity index (χ0v) is 11.9. The van der Waals surface area contributed by atoms with Gasteiger partial charge in [0.25, 0.3) is 0 Å². The van der Waals surface area contributed by atoms with Crippen LogP contribution in [0.4, 0.5) is 0 Å². The molecule has 0 atom stereocenters. The van der Waals surface area contributed by atoms with Crippen molar-refractivity contribution in [1.82, 2.24) is 0 Å². The van der Waals surface area contributed by atoms with Gasteiger partial charge in [-0.15, -0.1) is 0 Å². The van der Waals surface area contributed by atoms with Crippen LogP contribution in [0.3, 0.4) is 0 Å². The van der Waals surface area contributed by atoms with Crippen LogP contribution in [0, 0.1) is 0 Å². The molecule has 110 valence electrons. The van der Waals surface area contributed by atoms with Gasteiger partial charge >= 0.3 is 0 Å². The second kappa shape index (κ2) is 7.90. The van der Waals surface area contributed by atoms with Crippen molar-refractivity contribution in [2.45, 2.75) is 32.1 Å². The van der Waals surface area contributed by atoms with Gasteiger partial charge in [0.1, 0.15) is 18.9 Å². The van der Waals surface area contributed by atoms with E-state index in [9.17, 15) is 9.90 Å². The van der Waals surface area contributed by atoms with E-state index in [4.69, 9.17) is 4.74 Å². The van der Waals surface area contributed by atoms with Crippen molar-refractivity contribution in [3.05, 3.63) is 29.8 Å². The van der Waals surface area contributed by atoms with E-state index >= 15 is 0 Å². The second-order valence-corrected chi connectivity index (χ2v) is 5.43. The minimum absolute atomic E-state index is 0.0680. The number of carboxylic acids is 1. The van der Waals surface area contributed by atoms with Crippen LogP contribution in [0.5, 0.6) is 5.75 Å². The van der Waals surface area contributed by atoms with Gasteiger partial charge in [0, 0.05) is 5.97 Å². The molecule has 1 N–H and O–H groups in total. The number of rotatable bonds is 7. The van der Waals surface area contributed by atoms with Crippen molar-refractivity contribution in [1.29, 1.82) is 0 Å². The highest BCUT2D eigenvalue weighted by Gasteiger charge is 2.12. The van der Waals surface area contributed by atoms with Crippen LogP contribution in [0.1, 0.15) is 31.2 Å². The summed E-state index contributed by atoms with van der Waals surface area (Å²) in [4.78, 5) is 12.0. The summed E-state index contributed by atoms with van der Waals surface area (Å²) >= 11 is 0. The number of aliphatic carboxylic acids is 1.